The number of rotatable bonds is 4. The maximum Gasteiger partial charge on any atom is 0.242 e. The molecule has 76 valence electrons. The van der Waals surface area contributed by atoms with E-state index in [4.69, 9.17) is 5.73 Å². The summed E-state index contributed by atoms with van der Waals surface area (Å²) in [5.74, 6) is -0.339. The Morgan fingerprint density at radius 3 is 2.36 bits per heavy atom. The molecular formula is C11H16N2O. The van der Waals surface area contributed by atoms with Crippen LogP contribution in [0.1, 0.15) is 18.9 Å². The minimum atomic E-state index is -0.735. The molecule has 0 saturated carbocycles. The zero-order chi connectivity index (χ0) is 10.6. The fourth-order valence-electron chi connectivity index (χ4n) is 1.69. The highest BCUT2D eigenvalue weighted by Crippen LogP contribution is 2.23. The van der Waals surface area contributed by atoms with Crippen molar-refractivity contribution < 1.29 is 4.79 Å². The molecule has 1 amide bonds. The quantitative estimate of drug-likeness (QED) is 0.747. The van der Waals surface area contributed by atoms with Gasteiger partial charge in [-0.15, -0.1) is 0 Å². The molecule has 14 heavy (non-hydrogen) atoms. The summed E-state index contributed by atoms with van der Waals surface area (Å²) in [6.45, 7) is 1.94. The number of amides is 1. The van der Waals surface area contributed by atoms with Gasteiger partial charge in [-0.1, -0.05) is 37.3 Å². The van der Waals surface area contributed by atoms with E-state index < -0.39 is 5.54 Å². The van der Waals surface area contributed by atoms with Gasteiger partial charge in [0.05, 0.1) is 0 Å². The van der Waals surface area contributed by atoms with E-state index in [0.29, 0.717) is 6.42 Å². The lowest BCUT2D eigenvalue weighted by molar-refractivity contribution is -0.124. The number of nitrogens with two attached hydrogens (primary N) is 1. The summed E-state index contributed by atoms with van der Waals surface area (Å²) in [6, 6.07) is 9.54. The van der Waals surface area contributed by atoms with Crippen LogP contribution in [0.4, 0.5) is 0 Å². The van der Waals surface area contributed by atoms with Crippen LogP contribution in [-0.4, -0.2) is 13.0 Å². The highest BCUT2D eigenvalue weighted by Gasteiger charge is 2.34. The first-order chi connectivity index (χ1) is 6.67. The van der Waals surface area contributed by atoms with Crippen LogP contribution in [0.3, 0.4) is 0 Å². The fourth-order valence-corrected chi connectivity index (χ4v) is 1.69. The monoisotopic (exact) mass is 192 g/mol. The Hall–Kier alpha value is -1.35. The number of carbonyl (C=O) groups excluding carboxylic acids is 1. The Morgan fingerprint density at radius 2 is 2.00 bits per heavy atom. The van der Waals surface area contributed by atoms with Crippen LogP contribution in [0.25, 0.3) is 0 Å². The van der Waals surface area contributed by atoms with Gasteiger partial charge >= 0.3 is 0 Å². The van der Waals surface area contributed by atoms with Crippen molar-refractivity contribution in [3.05, 3.63) is 35.9 Å². The van der Waals surface area contributed by atoms with Crippen LogP contribution in [0.15, 0.2) is 30.3 Å². The largest absolute Gasteiger partial charge is 0.368 e. The lowest BCUT2D eigenvalue weighted by atomic mass is 9.87. The van der Waals surface area contributed by atoms with E-state index in [1.165, 1.54) is 0 Å². The molecule has 1 atom stereocenters. The van der Waals surface area contributed by atoms with E-state index in [9.17, 15) is 4.79 Å². The van der Waals surface area contributed by atoms with Crippen molar-refractivity contribution in [3.63, 3.8) is 0 Å². The van der Waals surface area contributed by atoms with E-state index in [1.54, 1.807) is 7.05 Å². The number of nitrogens with one attached hydrogen (secondary N) is 1. The number of hydrogen-bond acceptors (Lipinski definition) is 2. The van der Waals surface area contributed by atoms with Crippen LogP contribution < -0.4 is 11.1 Å². The topological polar surface area (TPSA) is 55.1 Å². The van der Waals surface area contributed by atoms with Gasteiger partial charge in [-0.3, -0.25) is 4.79 Å². The van der Waals surface area contributed by atoms with Gasteiger partial charge in [0.2, 0.25) is 5.91 Å². The minimum absolute atomic E-state index is 0.339. The molecule has 0 aliphatic heterocycles. The molecule has 1 aromatic rings. The predicted octanol–water partition coefficient (Wildman–Crippen LogP) is 0.997. The first-order valence-electron chi connectivity index (χ1n) is 4.71. The molecule has 0 spiro atoms. The second-order valence-electron chi connectivity index (χ2n) is 3.24. The molecule has 0 radical (unpaired) electrons. The molecule has 1 aromatic carbocycles. The molecule has 0 fully saturated rings. The third-order valence-electron chi connectivity index (χ3n) is 2.64. The minimum Gasteiger partial charge on any atom is -0.368 e. The van der Waals surface area contributed by atoms with Crippen molar-refractivity contribution in [3.8, 4) is 0 Å². The molecular weight excluding hydrogens is 176 g/mol. The van der Waals surface area contributed by atoms with Crippen LogP contribution in [-0.2, 0) is 10.3 Å². The van der Waals surface area contributed by atoms with Gasteiger partial charge in [-0.25, -0.2) is 0 Å². The van der Waals surface area contributed by atoms with Gasteiger partial charge in [0, 0.05) is 0 Å². The van der Waals surface area contributed by atoms with Crippen molar-refractivity contribution in [2.45, 2.75) is 18.9 Å². The Kier molecular flexibility index (Phi) is 3.25. The van der Waals surface area contributed by atoms with E-state index in [0.717, 1.165) is 5.56 Å². The summed E-state index contributed by atoms with van der Waals surface area (Å²) in [4.78, 5) is 11.4. The second-order valence-corrected chi connectivity index (χ2v) is 3.24. The van der Waals surface area contributed by atoms with Crippen molar-refractivity contribution in [2.24, 2.45) is 5.73 Å². The van der Waals surface area contributed by atoms with Gasteiger partial charge in [0.15, 0.2) is 0 Å². The van der Waals surface area contributed by atoms with Gasteiger partial charge in [0.25, 0.3) is 0 Å². The van der Waals surface area contributed by atoms with Crippen LogP contribution in [0.5, 0.6) is 0 Å². The first kappa shape index (κ1) is 10.7. The Labute approximate surface area is 84.3 Å². The molecule has 1 rings (SSSR count). The second kappa shape index (κ2) is 4.24. The normalized spacial score (nSPS) is 14.7. The Bertz CT molecular complexity index is 304. The van der Waals surface area contributed by atoms with Crippen molar-refractivity contribution in [2.75, 3.05) is 7.05 Å². The van der Waals surface area contributed by atoms with Gasteiger partial charge < -0.3 is 11.1 Å². The predicted molar refractivity (Wildman–Crippen MR) is 56.7 cm³/mol. The molecule has 0 aliphatic rings. The maximum atomic E-state index is 11.4. The Morgan fingerprint density at radius 1 is 1.43 bits per heavy atom. The highest BCUT2D eigenvalue weighted by atomic mass is 16.1. The number of primary amides is 1. The van der Waals surface area contributed by atoms with Crippen molar-refractivity contribution >= 4 is 5.91 Å². The summed E-state index contributed by atoms with van der Waals surface area (Å²) >= 11 is 0. The molecule has 3 N–H and O–H groups in total. The molecule has 0 saturated heterocycles. The molecule has 3 nitrogen and oxygen atoms in total. The summed E-state index contributed by atoms with van der Waals surface area (Å²) in [7, 11) is 1.75. The fraction of sp³-hybridized carbons (Fsp3) is 0.364. The Balaban J connectivity index is 3.18. The molecule has 1 unspecified atom stereocenters. The summed E-state index contributed by atoms with van der Waals surface area (Å²) in [5.41, 5.74) is 5.60. The highest BCUT2D eigenvalue weighted by molar-refractivity contribution is 5.86. The standard InChI is InChI=1S/C11H16N2O/c1-3-11(13-2,10(12)14)9-7-5-4-6-8-9/h4-8,13H,3H2,1-2H3,(H2,12,14). The van der Waals surface area contributed by atoms with Gasteiger partial charge in [-0.05, 0) is 19.0 Å². The molecule has 0 aliphatic carbocycles. The zero-order valence-corrected chi connectivity index (χ0v) is 8.58. The third-order valence-corrected chi connectivity index (χ3v) is 2.64. The van der Waals surface area contributed by atoms with Gasteiger partial charge in [-0.2, -0.15) is 0 Å². The summed E-state index contributed by atoms with van der Waals surface area (Å²) < 4.78 is 0. The van der Waals surface area contributed by atoms with E-state index in [2.05, 4.69) is 5.32 Å². The molecule has 3 heteroatoms. The van der Waals surface area contributed by atoms with Crippen LogP contribution in [0.2, 0.25) is 0 Å². The average Bonchev–Trinajstić information content (AvgIpc) is 2.22. The van der Waals surface area contributed by atoms with E-state index in [-0.39, 0.29) is 5.91 Å². The lowest BCUT2D eigenvalue weighted by Gasteiger charge is -2.29. The molecule has 0 bridgehead atoms. The third kappa shape index (κ3) is 1.63. The maximum absolute atomic E-state index is 11.4. The SMILES string of the molecule is CCC(NC)(C(N)=O)c1ccccc1. The van der Waals surface area contributed by atoms with E-state index >= 15 is 0 Å². The number of likely N-dealkylation sites (N-methyl/N-ethyl adjacent to an activating group) is 1. The van der Waals surface area contributed by atoms with Crippen molar-refractivity contribution in [1.82, 2.24) is 5.32 Å². The summed E-state index contributed by atoms with van der Waals surface area (Å²) in [6.07, 6.45) is 0.642. The number of benzene rings is 1. The van der Waals surface area contributed by atoms with Crippen LogP contribution in [0, 0.1) is 0 Å². The molecule has 0 heterocycles. The number of hydrogen-bond donors (Lipinski definition) is 2. The van der Waals surface area contributed by atoms with Crippen molar-refractivity contribution in [1.29, 1.82) is 0 Å². The smallest absolute Gasteiger partial charge is 0.242 e. The molecule has 0 aromatic heterocycles. The lowest BCUT2D eigenvalue weighted by Crippen LogP contribution is -2.50. The summed E-state index contributed by atoms with van der Waals surface area (Å²) in [5, 5.41) is 3.01. The zero-order valence-electron chi connectivity index (χ0n) is 8.58. The number of carbonyl (C=O) groups is 1. The van der Waals surface area contributed by atoms with E-state index in [1.807, 2.05) is 37.3 Å². The van der Waals surface area contributed by atoms with Gasteiger partial charge in [0.1, 0.15) is 5.54 Å². The average molecular weight is 192 g/mol. The van der Waals surface area contributed by atoms with Crippen LogP contribution >= 0.6 is 0 Å². The first-order valence-corrected chi connectivity index (χ1v) is 4.71.